The Morgan fingerprint density at radius 3 is 2.76 bits per heavy atom. The summed E-state index contributed by atoms with van der Waals surface area (Å²) in [5.41, 5.74) is 1.44. The number of nitrogens with one attached hydrogen (secondary N) is 1. The van der Waals surface area contributed by atoms with Crippen LogP contribution in [0.4, 0.5) is 0 Å². The molecule has 0 unspecified atom stereocenters. The van der Waals surface area contributed by atoms with Gasteiger partial charge in [0.2, 0.25) is 0 Å². The molecule has 0 saturated heterocycles. The van der Waals surface area contributed by atoms with E-state index < -0.39 is 10.0 Å². The Balaban J connectivity index is 1.77. The van der Waals surface area contributed by atoms with Crippen LogP contribution < -0.4 is 4.72 Å². The van der Waals surface area contributed by atoms with Gasteiger partial charge in [0, 0.05) is 31.9 Å². The average molecular weight is 360 g/mol. The second kappa shape index (κ2) is 6.81. The van der Waals surface area contributed by atoms with Gasteiger partial charge in [-0.1, -0.05) is 13.8 Å². The summed E-state index contributed by atoms with van der Waals surface area (Å²) in [6.45, 7) is 4.09. The minimum absolute atomic E-state index is 0.0269. The van der Waals surface area contributed by atoms with Gasteiger partial charge in [-0.2, -0.15) is 0 Å². The van der Waals surface area contributed by atoms with Gasteiger partial charge in [-0.25, -0.2) is 18.1 Å². The predicted octanol–water partition coefficient (Wildman–Crippen LogP) is 2.68. The SMILES string of the molecule is CC(C)c1nc(S(=O)(=O)NCc2ccnc(-c3ccco3)c2)cn1C. The smallest absolute Gasteiger partial charge is 0.259 e. The van der Waals surface area contributed by atoms with Crippen LogP contribution in [0, 0.1) is 0 Å². The highest BCUT2D eigenvalue weighted by Crippen LogP contribution is 2.19. The number of sulfonamides is 1. The van der Waals surface area contributed by atoms with E-state index in [9.17, 15) is 8.42 Å². The van der Waals surface area contributed by atoms with E-state index in [2.05, 4.69) is 14.7 Å². The third kappa shape index (κ3) is 3.80. The Morgan fingerprint density at radius 2 is 2.12 bits per heavy atom. The molecule has 0 spiro atoms. The van der Waals surface area contributed by atoms with Gasteiger partial charge in [0.1, 0.15) is 11.5 Å². The lowest BCUT2D eigenvalue weighted by Crippen LogP contribution is -2.23. The molecule has 7 nitrogen and oxygen atoms in total. The van der Waals surface area contributed by atoms with Crippen LogP contribution in [0.15, 0.2) is 52.4 Å². The van der Waals surface area contributed by atoms with Crippen molar-refractivity contribution in [3.63, 3.8) is 0 Å². The summed E-state index contributed by atoms with van der Waals surface area (Å²) in [7, 11) is -1.89. The van der Waals surface area contributed by atoms with E-state index in [0.29, 0.717) is 11.5 Å². The molecular weight excluding hydrogens is 340 g/mol. The highest BCUT2D eigenvalue weighted by atomic mass is 32.2. The van der Waals surface area contributed by atoms with Crippen molar-refractivity contribution < 1.29 is 12.8 Å². The molecule has 3 aromatic heterocycles. The van der Waals surface area contributed by atoms with Crippen LogP contribution >= 0.6 is 0 Å². The lowest BCUT2D eigenvalue weighted by Gasteiger charge is -2.05. The first-order valence-corrected chi connectivity index (χ1v) is 9.37. The minimum Gasteiger partial charge on any atom is -0.463 e. The molecule has 0 fully saturated rings. The van der Waals surface area contributed by atoms with Gasteiger partial charge in [-0.15, -0.1) is 0 Å². The summed E-state index contributed by atoms with van der Waals surface area (Å²) < 4.78 is 34.6. The van der Waals surface area contributed by atoms with Crippen molar-refractivity contribution in [2.24, 2.45) is 7.05 Å². The van der Waals surface area contributed by atoms with Crippen LogP contribution in [0.2, 0.25) is 0 Å². The lowest BCUT2D eigenvalue weighted by molar-refractivity contribution is 0.577. The number of imidazole rings is 1. The van der Waals surface area contributed by atoms with Crippen molar-refractivity contribution in [1.82, 2.24) is 19.3 Å². The van der Waals surface area contributed by atoms with Gasteiger partial charge in [0.15, 0.2) is 10.8 Å². The second-order valence-electron chi connectivity index (χ2n) is 6.05. The van der Waals surface area contributed by atoms with E-state index in [1.165, 1.54) is 6.20 Å². The Hall–Kier alpha value is -2.45. The molecule has 0 aromatic carbocycles. The van der Waals surface area contributed by atoms with Crippen molar-refractivity contribution in [2.45, 2.75) is 31.3 Å². The summed E-state index contributed by atoms with van der Waals surface area (Å²) >= 11 is 0. The molecule has 3 rings (SSSR count). The summed E-state index contributed by atoms with van der Waals surface area (Å²) in [5, 5.41) is 0.0269. The monoisotopic (exact) mass is 360 g/mol. The molecule has 0 amide bonds. The van der Waals surface area contributed by atoms with E-state index >= 15 is 0 Å². The molecule has 0 aliphatic carbocycles. The zero-order valence-electron chi connectivity index (χ0n) is 14.3. The number of pyridine rings is 1. The van der Waals surface area contributed by atoms with Crippen molar-refractivity contribution in [3.8, 4) is 11.5 Å². The summed E-state index contributed by atoms with van der Waals surface area (Å²) in [4.78, 5) is 8.47. The van der Waals surface area contributed by atoms with Gasteiger partial charge >= 0.3 is 0 Å². The average Bonchev–Trinajstić information content (AvgIpc) is 3.23. The lowest BCUT2D eigenvalue weighted by atomic mass is 10.2. The van der Waals surface area contributed by atoms with Crippen molar-refractivity contribution in [3.05, 3.63) is 54.3 Å². The normalized spacial score (nSPS) is 12.0. The number of hydrogen-bond donors (Lipinski definition) is 1. The van der Waals surface area contributed by atoms with Gasteiger partial charge in [-0.05, 0) is 29.8 Å². The number of rotatable bonds is 6. The molecule has 0 saturated carbocycles. The number of nitrogens with zero attached hydrogens (tertiary/aromatic N) is 3. The zero-order chi connectivity index (χ0) is 18.0. The summed E-state index contributed by atoms with van der Waals surface area (Å²) in [5.74, 6) is 1.51. The van der Waals surface area contributed by atoms with Crippen molar-refractivity contribution >= 4 is 10.0 Å². The van der Waals surface area contributed by atoms with Crippen LogP contribution in [0.1, 0.15) is 31.2 Å². The molecular formula is C17H20N4O3S. The zero-order valence-corrected chi connectivity index (χ0v) is 15.1. The number of aryl methyl sites for hydroxylation is 1. The maximum Gasteiger partial charge on any atom is 0.259 e. The Labute approximate surface area is 146 Å². The van der Waals surface area contributed by atoms with E-state index in [-0.39, 0.29) is 17.5 Å². The molecule has 0 bridgehead atoms. The highest BCUT2D eigenvalue weighted by molar-refractivity contribution is 7.89. The van der Waals surface area contributed by atoms with Gasteiger partial charge in [0.05, 0.1) is 6.26 Å². The molecule has 0 aliphatic heterocycles. The third-order valence-corrected chi connectivity index (χ3v) is 5.02. The van der Waals surface area contributed by atoms with E-state index in [1.54, 1.807) is 48.3 Å². The molecule has 0 aliphatic rings. The fraction of sp³-hybridized carbons (Fsp3) is 0.294. The molecule has 3 aromatic rings. The standard InChI is InChI=1S/C17H20N4O3S/c1-12(2)17-20-16(11-21(17)3)25(22,23)19-10-13-6-7-18-14(9-13)15-5-4-8-24-15/h4-9,11-12,19H,10H2,1-3H3. The third-order valence-electron chi connectivity index (χ3n) is 3.75. The minimum atomic E-state index is -3.69. The molecule has 132 valence electrons. The first-order valence-electron chi connectivity index (χ1n) is 7.88. The first kappa shape index (κ1) is 17.4. The molecule has 25 heavy (non-hydrogen) atoms. The molecule has 0 radical (unpaired) electrons. The topological polar surface area (TPSA) is 90.0 Å². The van der Waals surface area contributed by atoms with Gasteiger partial charge in [0.25, 0.3) is 10.0 Å². The maximum absolute atomic E-state index is 12.5. The fourth-order valence-electron chi connectivity index (χ4n) is 2.51. The van der Waals surface area contributed by atoms with E-state index in [1.807, 2.05) is 13.8 Å². The van der Waals surface area contributed by atoms with Crippen molar-refractivity contribution in [2.75, 3.05) is 0 Å². The summed E-state index contributed by atoms with van der Waals surface area (Å²) in [6, 6.07) is 7.13. The number of hydrogen-bond acceptors (Lipinski definition) is 5. The maximum atomic E-state index is 12.5. The van der Waals surface area contributed by atoms with E-state index in [0.717, 1.165) is 11.4 Å². The first-order chi connectivity index (χ1) is 11.9. The molecule has 8 heteroatoms. The van der Waals surface area contributed by atoms with Crippen LogP contribution in [0.5, 0.6) is 0 Å². The van der Waals surface area contributed by atoms with Crippen LogP contribution in [0.3, 0.4) is 0 Å². The fourth-order valence-corrected chi connectivity index (χ4v) is 3.53. The number of furan rings is 1. The van der Waals surface area contributed by atoms with Gasteiger partial charge in [-0.3, -0.25) is 4.98 Å². The predicted molar refractivity (Wildman–Crippen MR) is 93.3 cm³/mol. The summed E-state index contributed by atoms with van der Waals surface area (Å²) in [6.07, 6.45) is 4.72. The largest absolute Gasteiger partial charge is 0.463 e. The molecule has 3 heterocycles. The van der Waals surface area contributed by atoms with E-state index in [4.69, 9.17) is 4.42 Å². The van der Waals surface area contributed by atoms with Crippen LogP contribution in [-0.4, -0.2) is 23.0 Å². The number of aromatic nitrogens is 3. The second-order valence-corrected chi connectivity index (χ2v) is 7.77. The Morgan fingerprint density at radius 1 is 1.32 bits per heavy atom. The van der Waals surface area contributed by atoms with Gasteiger partial charge < -0.3 is 8.98 Å². The molecule has 1 N–H and O–H groups in total. The van der Waals surface area contributed by atoms with Crippen LogP contribution in [-0.2, 0) is 23.6 Å². The van der Waals surface area contributed by atoms with Crippen LogP contribution in [0.25, 0.3) is 11.5 Å². The Kier molecular flexibility index (Phi) is 4.73. The molecule has 0 atom stereocenters. The highest BCUT2D eigenvalue weighted by Gasteiger charge is 2.20. The van der Waals surface area contributed by atoms with Crippen molar-refractivity contribution in [1.29, 1.82) is 0 Å². The Bertz CT molecular complexity index is 960. The quantitative estimate of drug-likeness (QED) is 0.730.